The second-order valence-corrected chi connectivity index (χ2v) is 6.29. The molecule has 0 aliphatic heterocycles. The Morgan fingerprint density at radius 3 is 2.71 bits per heavy atom. The summed E-state index contributed by atoms with van der Waals surface area (Å²) in [4.78, 5) is 0.224. The fraction of sp³-hybridized carbons (Fsp3) is 0.0769. The van der Waals surface area contributed by atoms with E-state index in [2.05, 4.69) is 19.8 Å². The quantitative estimate of drug-likeness (QED) is 0.678. The summed E-state index contributed by atoms with van der Waals surface area (Å²) in [5.74, 6) is -0.314. The van der Waals surface area contributed by atoms with Crippen molar-refractivity contribution in [3.05, 3.63) is 42.5 Å². The van der Waals surface area contributed by atoms with Crippen LogP contribution in [0.3, 0.4) is 0 Å². The summed E-state index contributed by atoms with van der Waals surface area (Å²) in [6.45, 7) is -3.10. The van der Waals surface area contributed by atoms with E-state index in [0.29, 0.717) is 4.85 Å². The molecular formula is C13H10F2N4O4S. The van der Waals surface area contributed by atoms with Gasteiger partial charge >= 0.3 is 6.61 Å². The molecule has 0 spiro atoms. The highest BCUT2D eigenvalue weighted by Gasteiger charge is 2.19. The largest absolute Gasteiger partial charge is 0.433 e. The first-order valence-electron chi connectivity index (χ1n) is 6.48. The van der Waals surface area contributed by atoms with Gasteiger partial charge in [0.25, 0.3) is 10.0 Å². The molecule has 0 unspecified atom stereocenters. The number of nitrogens with zero attached hydrogens (tertiary/aromatic N) is 3. The standard InChI is InChI=1S/C13H10F2N4O4S/c14-13(15)23-12-4-2-1-3-10(12)17-24(21,22)8-5-6-9-11(7-8)19(20)18-16-9/h1-7,13,17,20H. The predicted molar refractivity (Wildman–Crippen MR) is 78.6 cm³/mol. The van der Waals surface area contributed by atoms with Gasteiger partial charge < -0.3 is 9.94 Å². The van der Waals surface area contributed by atoms with Gasteiger partial charge in [0.1, 0.15) is 16.8 Å². The van der Waals surface area contributed by atoms with Crippen molar-refractivity contribution in [3.63, 3.8) is 0 Å². The van der Waals surface area contributed by atoms with Gasteiger partial charge in [-0.2, -0.15) is 8.78 Å². The Labute approximate surface area is 134 Å². The van der Waals surface area contributed by atoms with Crippen LogP contribution in [0, 0.1) is 0 Å². The molecule has 11 heteroatoms. The molecular weight excluding hydrogens is 346 g/mol. The minimum atomic E-state index is -4.11. The summed E-state index contributed by atoms with van der Waals surface area (Å²) < 4.78 is 56.1. The van der Waals surface area contributed by atoms with Crippen LogP contribution in [0.25, 0.3) is 11.0 Å². The highest BCUT2D eigenvalue weighted by molar-refractivity contribution is 7.92. The Bertz CT molecular complexity index is 991. The lowest BCUT2D eigenvalue weighted by Gasteiger charge is -2.13. The number of para-hydroxylation sites is 2. The number of sulfonamides is 1. The first-order chi connectivity index (χ1) is 11.4. The number of hydrogen-bond acceptors (Lipinski definition) is 6. The van der Waals surface area contributed by atoms with Crippen LogP contribution in [0.2, 0.25) is 0 Å². The average molecular weight is 356 g/mol. The normalized spacial score (nSPS) is 11.8. The molecule has 0 saturated heterocycles. The van der Waals surface area contributed by atoms with E-state index in [0.717, 1.165) is 6.07 Å². The molecule has 0 atom stereocenters. The molecule has 2 N–H and O–H groups in total. The van der Waals surface area contributed by atoms with Gasteiger partial charge in [-0.3, -0.25) is 4.72 Å². The molecule has 126 valence electrons. The Morgan fingerprint density at radius 2 is 1.96 bits per heavy atom. The number of halogens is 2. The molecule has 8 nitrogen and oxygen atoms in total. The molecule has 3 aromatic rings. The Hall–Kier alpha value is -2.95. The fourth-order valence-electron chi connectivity index (χ4n) is 2.01. The van der Waals surface area contributed by atoms with Gasteiger partial charge in [0.05, 0.1) is 10.6 Å². The Morgan fingerprint density at radius 1 is 1.21 bits per heavy atom. The fourth-order valence-corrected chi connectivity index (χ4v) is 3.10. The summed E-state index contributed by atoms with van der Waals surface area (Å²) in [5.41, 5.74) is 0.224. The number of fused-ring (bicyclic) bond motifs is 1. The molecule has 0 aliphatic carbocycles. The van der Waals surface area contributed by atoms with Crippen LogP contribution in [-0.2, 0) is 10.0 Å². The molecule has 0 saturated carbocycles. The summed E-state index contributed by atoms with van der Waals surface area (Å²) in [7, 11) is -4.11. The van der Waals surface area contributed by atoms with Crippen molar-refractivity contribution in [2.45, 2.75) is 11.5 Å². The third-order valence-electron chi connectivity index (χ3n) is 3.06. The van der Waals surface area contributed by atoms with Crippen LogP contribution in [0.15, 0.2) is 47.4 Å². The van der Waals surface area contributed by atoms with Gasteiger partial charge in [0, 0.05) is 0 Å². The van der Waals surface area contributed by atoms with Crippen molar-refractivity contribution < 1.29 is 27.1 Å². The second-order valence-electron chi connectivity index (χ2n) is 4.61. The number of aromatic nitrogens is 3. The van der Waals surface area contributed by atoms with Gasteiger partial charge in [-0.15, -0.1) is 5.10 Å². The first-order valence-corrected chi connectivity index (χ1v) is 7.96. The van der Waals surface area contributed by atoms with E-state index in [4.69, 9.17) is 0 Å². The lowest BCUT2D eigenvalue weighted by Crippen LogP contribution is -2.14. The second kappa shape index (κ2) is 5.92. The van der Waals surface area contributed by atoms with Crippen molar-refractivity contribution >= 4 is 26.7 Å². The zero-order valence-electron chi connectivity index (χ0n) is 11.8. The van der Waals surface area contributed by atoms with E-state index in [-0.39, 0.29) is 27.4 Å². The number of anilines is 1. The number of nitrogens with one attached hydrogen (secondary N) is 1. The topological polar surface area (TPSA) is 106 Å². The molecule has 0 amide bonds. The Kier molecular flexibility index (Phi) is 3.93. The van der Waals surface area contributed by atoms with E-state index in [1.807, 2.05) is 0 Å². The monoisotopic (exact) mass is 356 g/mol. The Balaban J connectivity index is 1.97. The minimum Gasteiger partial charge on any atom is -0.433 e. The summed E-state index contributed by atoms with van der Waals surface area (Å²) >= 11 is 0. The van der Waals surface area contributed by atoms with Gasteiger partial charge in [-0.05, 0) is 35.5 Å². The van der Waals surface area contributed by atoms with Crippen LogP contribution < -0.4 is 9.46 Å². The van der Waals surface area contributed by atoms with Gasteiger partial charge in [0.2, 0.25) is 0 Å². The van der Waals surface area contributed by atoms with E-state index in [9.17, 15) is 22.4 Å². The van der Waals surface area contributed by atoms with Gasteiger partial charge in [-0.25, -0.2) is 8.42 Å². The van der Waals surface area contributed by atoms with Crippen molar-refractivity contribution in [1.82, 2.24) is 15.2 Å². The minimum absolute atomic E-state index is 0.0787. The molecule has 24 heavy (non-hydrogen) atoms. The third-order valence-corrected chi connectivity index (χ3v) is 4.42. The number of rotatable bonds is 5. The summed E-state index contributed by atoms with van der Waals surface area (Å²) in [6, 6.07) is 9.13. The predicted octanol–water partition coefficient (Wildman–Crippen LogP) is 2.07. The highest BCUT2D eigenvalue weighted by atomic mass is 32.2. The molecule has 3 rings (SSSR count). The van der Waals surface area contributed by atoms with E-state index < -0.39 is 16.6 Å². The summed E-state index contributed by atoms with van der Waals surface area (Å²) in [5, 5.41) is 16.4. The van der Waals surface area contributed by atoms with Crippen molar-refractivity contribution in [3.8, 4) is 5.75 Å². The maximum atomic E-state index is 12.4. The van der Waals surface area contributed by atoms with Crippen LogP contribution in [0.1, 0.15) is 0 Å². The van der Waals surface area contributed by atoms with E-state index in [1.54, 1.807) is 0 Å². The van der Waals surface area contributed by atoms with Crippen LogP contribution in [0.5, 0.6) is 5.75 Å². The first kappa shape index (κ1) is 15.9. The van der Waals surface area contributed by atoms with Crippen molar-refractivity contribution in [1.29, 1.82) is 0 Å². The van der Waals surface area contributed by atoms with Crippen LogP contribution in [-0.4, -0.2) is 35.4 Å². The number of hydrogen-bond donors (Lipinski definition) is 2. The SMILES string of the molecule is O=S(=O)(Nc1ccccc1OC(F)F)c1ccc2nnn(O)c2c1. The zero-order valence-corrected chi connectivity index (χ0v) is 12.6. The third kappa shape index (κ3) is 3.06. The lowest BCUT2D eigenvalue weighted by atomic mass is 10.3. The molecule has 0 aliphatic rings. The van der Waals surface area contributed by atoms with Crippen LogP contribution in [0.4, 0.5) is 14.5 Å². The maximum absolute atomic E-state index is 12.4. The van der Waals surface area contributed by atoms with Gasteiger partial charge in [-0.1, -0.05) is 17.0 Å². The maximum Gasteiger partial charge on any atom is 0.387 e. The van der Waals surface area contributed by atoms with Crippen molar-refractivity contribution in [2.75, 3.05) is 4.72 Å². The summed E-state index contributed by atoms with van der Waals surface area (Å²) in [6.07, 6.45) is 0. The lowest BCUT2D eigenvalue weighted by molar-refractivity contribution is -0.0493. The zero-order chi connectivity index (χ0) is 17.3. The molecule has 0 radical (unpaired) electrons. The van der Waals surface area contributed by atoms with Crippen molar-refractivity contribution in [2.24, 2.45) is 0 Å². The molecule has 0 bridgehead atoms. The molecule has 2 aromatic carbocycles. The molecule has 1 heterocycles. The van der Waals surface area contributed by atoms with Gasteiger partial charge in [0.15, 0.2) is 0 Å². The number of benzene rings is 2. The van der Waals surface area contributed by atoms with Crippen LogP contribution >= 0.6 is 0 Å². The van der Waals surface area contributed by atoms with E-state index >= 15 is 0 Å². The number of ether oxygens (including phenoxy) is 1. The smallest absolute Gasteiger partial charge is 0.387 e. The molecule has 1 aromatic heterocycles. The number of alkyl halides is 2. The average Bonchev–Trinajstić information content (AvgIpc) is 2.89. The highest BCUT2D eigenvalue weighted by Crippen LogP contribution is 2.28. The molecule has 0 fully saturated rings. The van der Waals surface area contributed by atoms with E-state index in [1.165, 1.54) is 36.4 Å².